The van der Waals surface area contributed by atoms with E-state index in [-0.39, 0.29) is 17.9 Å². The number of amides is 1. The van der Waals surface area contributed by atoms with E-state index in [4.69, 9.17) is 5.26 Å². The monoisotopic (exact) mass is 338 g/mol. The largest absolute Gasteiger partial charge is 0.307 e. The molecule has 2 heterocycles. The van der Waals surface area contributed by atoms with Gasteiger partial charge in [0.25, 0.3) is 5.91 Å². The summed E-state index contributed by atoms with van der Waals surface area (Å²) in [6, 6.07) is 4.40. The van der Waals surface area contributed by atoms with Crippen LogP contribution in [0.2, 0.25) is 0 Å². The summed E-state index contributed by atoms with van der Waals surface area (Å²) in [5.41, 5.74) is 2.22. The molecule has 1 aliphatic carbocycles. The van der Waals surface area contributed by atoms with E-state index in [1.807, 2.05) is 18.5 Å². The molecule has 0 radical (unpaired) electrons. The van der Waals surface area contributed by atoms with E-state index in [9.17, 15) is 4.79 Å². The molecule has 0 atom stereocenters. The van der Waals surface area contributed by atoms with E-state index >= 15 is 0 Å². The number of anilines is 1. The Bertz CT molecular complexity index is 771. The predicted molar refractivity (Wildman–Crippen MR) is 93.0 cm³/mol. The summed E-state index contributed by atoms with van der Waals surface area (Å²) in [6.07, 6.45) is 8.48. The second-order valence-electron chi connectivity index (χ2n) is 6.37. The van der Waals surface area contributed by atoms with Crippen LogP contribution in [-0.4, -0.2) is 32.4 Å². The standard InChI is InChI=1S/C18H22N6O/c1-3-23(16-8-9-20-21-11-16)18(25)17-12-22-24(13(17)2)15-6-4-14(10-19)5-7-15/h8-9,11-12,14-15H,3-7H2,1-2H3/t14-,15+. The lowest BCUT2D eigenvalue weighted by molar-refractivity contribution is 0.0987. The molecule has 0 bridgehead atoms. The van der Waals surface area contributed by atoms with Crippen molar-refractivity contribution in [1.29, 1.82) is 5.26 Å². The molecule has 25 heavy (non-hydrogen) atoms. The van der Waals surface area contributed by atoms with Crippen LogP contribution in [0, 0.1) is 24.2 Å². The maximum Gasteiger partial charge on any atom is 0.261 e. The van der Waals surface area contributed by atoms with Crippen molar-refractivity contribution in [3.05, 3.63) is 35.9 Å². The van der Waals surface area contributed by atoms with E-state index in [0.717, 1.165) is 37.1 Å². The highest BCUT2D eigenvalue weighted by atomic mass is 16.2. The van der Waals surface area contributed by atoms with Crippen LogP contribution >= 0.6 is 0 Å². The third-order valence-electron chi connectivity index (χ3n) is 4.94. The minimum Gasteiger partial charge on any atom is -0.307 e. The molecule has 2 aromatic heterocycles. The molecule has 2 aromatic rings. The summed E-state index contributed by atoms with van der Waals surface area (Å²) in [4.78, 5) is 14.6. The first kappa shape index (κ1) is 17.1. The second kappa shape index (κ2) is 7.43. The second-order valence-corrected chi connectivity index (χ2v) is 6.37. The molecule has 1 amide bonds. The third kappa shape index (κ3) is 3.38. The van der Waals surface area contributed by atoms with Crippen LogP contribution in [0.3, 0.4) is 0 Å². The Morgan fingerprint density at radius 1 is 1.32 bits per heavy atom. The number of aromatic nitrogens is 4. The van der Waals surface area contributed by atoms with E-state index in [2.05, 4.69) is 21.4 Å². The minimum atomic E-state index is -0.0787. The molecule has 7 heteroatoms. The van der Waals surface area contributed by atoms with Crippen molar-refractivity contribution in [3.63, 3.8) is 0 Å². The fourth-order valence-electron chi connectivity index (χ4n) is 3.48. The smallest absolute Gasteiger partial charge is 0.261 e. The first-order chi connectivity index (χ1) is 12.2. The molecule has 1 fully saturated rings. The lowest BCUT2D eigenvalue weighted by atomic mass is 9.87. The highest BCUT2D eigenvalue weighted by molar-refractivity contribution is 6.06. The first-order valence-corrected chi connectivity index (χ1v) is 8.68. The Hall–Kier alpha value is -2.75. The Balaban J connectivity index is 1.81. The fraction of sp³-hybridized carbons (Fsp3) is 0.500. The molecule has 1 aliphatic rings. The summed E-state index contributed by atoms with van der Waals surface area (Å²) >= 11 is 0. The summed E-state index contributed by atoms with van der Waals surface area (Å²) in [5.74, 6) is 0.0768. The van der Waals surface area contributed by atoms with Crippen LogP contribution in [0.4, 0.5) is 5.69 Å². The zero-order valence-electron chi connectivity index (χ0n) is 14.6. The van der Waals surface area contributed by atoms with Crippen molar-refractivity contribution in [3.8, 4) is 6.07 Å². The Morgan fingerprint density at radius 3 is 2.68 bits per heavy atom. The number of rotatable bonds is 4. The number of hydrogen-bond acceptors (Lipinski definition) is 5. The Labute approximate surface area is 147 Å². The maximum atomic E-state index is 13.0. The van der Waals surface area contributed by atoms with E-state index in [1.165, 1.54) is 0 Å². The topological polar surface area (TPSA) is 87.7 Å². The van der Waals surface area contributed by atoms with Gasteiger partial charge >= 0.3 is 0 Å². The van der Waals surface area contributed by atoms with E-state index in [0.29, 0.717) is 12.1 Å². The lowest BCUT2D eigenvalue weighted by Crippen LogP contribution is -2.31. The maximum absolute atomic E-state index is 13.0. The third-order valence-corrected chi connectivity index (χ3v) is 4.94. The quantitative estimate of drug-likeness (QED) is 0.855. The van der Waals surface area contributed by atoms with Gasteiger partial charge in [-0.05, 0) is 45.6 Å². The molecule has 0 N–H and O–H groups in total. The molecular weight excluding hydrogens is 316 g/mol. The molecule has 130 valence electrons. The molecule has 3 rings (SSSR count). The first-order valence-electron chi connectivity index (χ1n) is 8.68. The molecule has 0 unspecified atom stereocenters. The van der Waals surface area contributed by atoms with E-state index in [1.54, 1.807) is 29.6 Å². The van der Waals surface area contributed by atoms with Crippen molar-refractivity contribution >= 4 is 11.6 Å². The average Bonchev–Trinajstić information content (AvgIpc) is 3.04. The van der Waals surface area contributed by atoms with Crippen LogP contribution in [0.5, 0.6) is 0 Å². The van der Waals surface area contributed by atoms with Gasteiger partial charge in [-0.15, -0.1) is 0 Å². The van der Waals surface area contributed by atoms with Crippen LogP contribution in [0.1, 0.15) is 54.7 Å². The number of nitriles is 1. The minimum absolute atomic E-state index is 0.0787. The van der Waals surface area contributed by atoms with Crippen LogP contribution in [0.25, 0.3) is 0 Å². The average molecular weight is 338 g/mol. The van der Waals surface area contributed by atoms with Gasteiger partial charge in [-0.1, -0.05) is 0 Å². The summed E-state index contributed by atoms with van der Waals surface area (Å²) in [7, 11) is 0. The fourth-order valence-corrected chi connectivity index (χ4v) is 3.48. The molecule has 0 aliphatic heterocycles. The van der Waals surface area contributed by atoms with Crippen molar-refractivity contribution in [1.82, 2.24) is 20.0 Å². The highest BCUT2D eigenvalue weighted by Gasteiger charge is 2.27. The molecular formula is C18H22N6O. The lowest BCUT2D eigenvalue weighted by Gasteiger charge is -2.26. The number of carbonyl (C=O) groups excluding carboxylic acids is 1. The van der Waals surface area contributed by atoms with Crippen molar-refractivity contribution in [2.45, 2.75) is 45.6 Å². The Morgan fingerprint density at radius 2 is 2.08 bits per heavy atom. The van der Waals surface area contributed by atoms with Crippen LogP contribution < -0.4 is 4.90 Å². The van der Waals surface area contributed by atoms with Crippen molar-refractivity contribution < 1.29 is 4.79 Å². The normalized spacial score (nSPS) is 20.0. The van der Waals surface area contributed by atoms with Crippen molar-refractivity contribution in [2.75, 3.05) is 11.4 Å². The molecule has 7 nitrogen and oxygen atoms in total. The zero-order valence-corrected chi connectivity index (χ0v) is 14.6. The molecule has 0 saturated heterocycles. The number of carbonyl (C=O) groups is 1. The van der Waals surface area contributed by atoms with Gasteiger partial charge in [-0.3, -0.25) is 9.48 Å². The van der Waals surface area contributed by atoms with Gasteiger partial charge in [0.05, 0.1) is 42.0 Å². The van der Waals surface area contributed by atoms with Crippen molar-refractivity contribution in [2.24, 2.45) is 5.92 Å². The van der Waals surface area contributed by atoms with Gasteiger partial charge in [-0.2, -0.15) is 20.6 Å². The van der Waals surface area contributed by atoms with Gasteiger partial charge in [0.15, 0.2) is 0 Å². The van der Waals surface area contributed by atoms with Gasteiger partial charge in [0, 0.05) is 18.2 Å². The summed E-state index contributed by atoms with van der Waals surface area (Å²) in [5, 5.41) is 21.1. The summed E-state index contributed by atoms with van der Waals surface area (Å²) in [6.45, 7) is 4.42. The van der Waals surface area contributed by atoms with E-state index < -0.39 is 0 Å². The SMILES string of the molecule is CCN(C(=O)c1cnn([C@H]2CC[C@@H](C#N)CC2)c1C)c1ccnnc1. The predicted octanol–water partition coefficient (Wildman–Crippen LogP) is 2.90. The molecule has 1 saturated carbocycles. The molecule has 0 aromatic carbocycles. The van der Waals surface area contributed by atoms with Gasteiger partial charge in [0.2, 0.25) is 0 Å². The Kier molecular flexibility index (Phi) is 5.08. The van der Waals surface area contributed by atoms with Gasteiger partial charge in [-0.25, -0.2) is 0 Å². The van der Waals surface area contributed by atoms with Crippen LogP contribution in [-0.2, 0) is 0 Å². The number of nitrogens with zero attached hydrogens (tertiary/aromatic N) is 6. The highest BCUT2D eigenvalue weighted by Crippen LogP contribution is 2.32. The molecule has 0 spiro atoms. The van der Waals surface area contributed by atoms with Gasteiger partial charge in [0.1, 0.15) is 0 Å². The van der Waals surface area contributed by atoms with Gasteiger partial charge < -0.3 is 4.90 Å². The zero-order chi connectivity index (χ0) is 17.8. The summed E-state index contributed by atoms with van der Waals surface area (Å²) < 4.78 is 1.96. The number of hydrogen-bond donors (Lipinski definition) is 0. The van der Waals surface area contributed by atoms with Crippen LogP contribution in [0.15, 0.2) is 24.7 Å².